The zero-order chi connectivity index (χ0) is 15.2. The third kappa shape index (κ3) is 4.46. The van der Waals surface area contributed by atoms with E-state index in [2.05, 4.69) is 34.8 Å². The van der Waals surface area contributed by atoms with Crippen LogP contribution in [0.4, 0.5) is 5.69 Å². The molecule has 0 atom stereocenters. The van der Waals surface area contributed by atoms with Crippen molar-refractivity contribution in [3.63, 3.8) is 0 Å². The molecule has 0 aliphatic carbocycles. The van der Waals surface area contributed by atoms with E-state index < -0.39 is 0 Å². The number of rotatable bonds is 5. The Morgan fingerprint density at radius 1 is 1.24 bits per heavy atom. The Hall–Kier alpha value is -1.56. The van der Waals surface area contributed by atoms with Gasteiger partial charge in [-0.1, -0.05) is 31.2 Å². The van der Waals surface area contributed by atoms with Crippen molar-refractivity contribution in [2.75, 3.05) is 11.9 Å². The zero-order valence-corrected chi connectivity index (χ0v) is 14.3. The fraction of sp³-hybridized carbons (Fsp3) is 0.235. The first-order valence-corrected chi connectivity index (χ1v) is 7.94. The highest BCUT2D eigenvalue weighted by Gasteiger charge is 2.09. The van der Waals surface area contributed by atoms with Gasteiger partial charge in [-0.2, -0.15) is 0 Å². The van der Waals surface area contributed by atoms with Crippen LogP contribution >= 0.6 is 22.6 Å². The largest absolute Gasteiger partial charge is 0.484 e. The Labute approximate surface area is 138 Å². The fourth-order valence-electron chi connectivity index (χ4n) is 2.08. The number of anilines is 1. The topological polar surface area (TPSA) is 38.3 Å². The molecule has 0 bridgehead atoms. The van der Waals surface area contributed by atoms with Gasteiger partial charge in [0.05, 0.1) is 0 Å². The molecule has 0 unspecified atom stereocenters. The molecule has 110 valence electrons. The van der Waals surface area contributed by atoms with Crippen molar-refractivity contribution in [3.05, 3.63) is 57.2 Å². The lowest BCUT2D eigenvalue weighted by atomic mass is 10.1. The Morgan fingerprint density at radius 3 is 2.71 bits per heavy atom. The third-order valence-electron chi connectivity index (χ3n) is 3.17. The number of carbonyl (C=O) groups is 1. The number of nitrogens with one attached hydrogen (secondary N) is 1. The van der Waals surface area contributed by atoms with Crippen LogP contribution in [0, 0.1) is 10.5 Å². The molecule has 4 heteroatoms. The highest BCUT2D eigenvalue weighted by atomic mass is 127. The first-order valence-electron chi connectivity index (χ1n) is 6.87. The lowest BCUT2D eigenvalue weighted by Crippen LogP contribution is -2.21. The molecule has 0 spiro atoms. The predicted octanol–water partition coefficient (Wildman–Crippen LogP) is 4.18. The average Bonchev–Trinajstić information content (AvgIpc) is 2.47. The summed E-state index contributed by atoms with van der Waals surface area (Å²) in [5.41, 5.74) is 3.10. The SMILES string of the molecule is CCc1cccc(C)c1NC(=O)COc1cccc(I)c1. The molecule has 0 saturated carbocycles. The molecule has 1 amide bonds. The molecule has 2 rings (SSSR count). The average molecular weight is 395 g/mol. The van der Waals surface area contributed by atoms with Gasteiger partial charge in [0.2, 0.25) is 0 Å². The monoisotopic (exact) mass is 395 g/mol. The van der Waals surface area contributed by atoms with Crippen LogP contribution in [0.3, 0.4) is 0 Å². The molecule has 0 aliphatic rings. The summed E-state index contributed by atoms with van der Waals surface area (Å²) in [6.45, 7) is 4.08. The second kappa shape index (κ2) is 7.45. The molecule has 21 heavy (non-hydrogen) atoms. The van der Waals surface area contributed by atoms with Gasteiger partial charge < -0.3 is 10.1 Å². The molecule has 1 N–H and O–H groups in total. The maximum Gasteiger partial charge on any atom is 0.262 e. The first kappa shape index (κ1) is 15.8. The summed E-state index contributed by atoms with van der Waals surface area (Å²) in [5.74, 6) is 0.565. The normalized spacial score (nSPS) is 10.2. The van der Waals surface area contributed by atoms with Crippen LogP contribution < -0.4 is 10.1 Å². The van der Waals surface area contributed by atoms with Crippen LogP contribution in [0.2, 0.25) is 0 Å². The Balaban J connectivity index is 1.99. The van der Waals surface area contributed by atoms with Crippen molar-refractivity contribution < 1.29 is 9.53 Å². The number of hydrogen-bond donors (Lipinski definition) is 1. The highest BCUT2D eigenvalue weighted by Crippen LogP contribution is 2.21. The molecule has 2 aromatic carbocycles. The quantitative estimate of drug-likeness (QED) is 0.772. The molecule has 0 saturated heterocycles. The van der Waals surface area contributed by atoms with Gasteiger partial charge in [0.25, 0.3) is 5.91 Å². The molecule has 0 aromatic heterocycles. The van der Waals surface area contributed by atoms with Crippen molar-refractivity contribution in [1.29, 1.82) is 0 Å². The van der Waals surface area contributed by atoms with E-state index in [0.29, 0.717) is 5.75 Å². The molecule has 0 aliphatic heterocycles. The number of benzene rings is 2. The van der Waals surface area contributed by atoms with E-state index in [1.165, 1.54) is 0 Å². The van der Waals surface area contributed by atoms with Crippen LogP contribution in [-0.4, -0.2) is 12.5 Å². The minimum atomic E-state index is -0.141. The predicted molar refractivity (Wildman–Crippen MR) is 93.8 cm³/mol. The van der Waals surface area contributed by atoms with Gasteiger partial charge in [-0.3, -0.25) is 4.79 Å². The van der Waals surface area contributed by atoms with Crippen LogP contribution in [0.25, 0.3) is 0 Å². The van der Waals surface area contributed by atoms with Crippen LogP contribution in [-0.2, 0) is 11.2 Å². The van der Waals surface area contributed by atoms with E-state index in [4.69, 9.17) is 4.74 Å². The summed E-state index contributed by atoms with van der Waals surface area (Å²) in [7, 11) is 0. The zero-order valence-electron chi connectivity index (χ0n) is 12.2. The summed E-state index contributed by atoms with van der Waals surface area (Å²) in [4.78, 5) is 12.1. The Bertz CT molecular complexity index is 640. The fourth-order valence-corrected chi connectivity index (χ4v) is 2.60. The van der Waals surface area contributed by atoms with Gasteiger partial charge in [0.1, 0.15) is 5.75 Å². The van der Waals surface area contributed by atoms with Crippen molar-refractivity contribution in [2.45, 2.75) is 20.3 Å². The maximum absolute atomic E-state index is 12.1. The summed E-state index contributed by atoms with van der Waals surface area (Å²) in [6, 6.07) is 13.7. The van der Waals surface area contributed by atoms with E-state index >= 15 is 0 Å². The Morgan fingerprint density at radius 2 is 2.00 bits per heavy atom. The molecule has 0 fully saturated rings. The first-order chi connectivity index (χ1) is 10.1. The van der Waals surface area contributed by atoms with Crippen molar-refractivity contribution in [2.24, 2.45) is 0 Å². The summed E-state index contributed by atoms with van der Waals surface area (Å²) >= 11 is 2.21. The number of ether oxygens (including phenoxy) is 1. The highest BCUT2D eigenvalue weighted by molar-refractivity contribution is 14.1. The Kier molecular flexibility index (Phi) is 5.61. The van der Waals surface area contributed by atoms with Gasteiger partial charge in [-0.15, -0.1) is 0 Å². The number of carbonyl (C=O) groups excluding carboxylic acids is 1. The molecular formula is C17H18INO2. The van der Waals surface area contributed by atoms with Gasteiger partial charge in [0.15, 0.2) is 6.61 Å². The maximum atomic E-state index is 12.1. The van der Waals surface area contributed by atoms with Crippen LogP contribution in [0.1, 0.15) is 18.1 Å². The third-order valence-corrected chi connectivity index (χ3v) is 3.84. The van der Waals surface area contributed by atoms with E-state index in [1.54, 1.807) is 0 Å². The van der Waals surface area contributed by atoms with Gasteiger partial charge in [0, 0.05) is 9.26 Å². The number of hydrogen-bond acceptors (Lipinski definition) is 2. The second-order valence-electron chi connectivity index (χ2n) is 4.76. The van der Waals surface area contributed by atoms with E-state index in [-0.39, 0.29) is 12.5 Å². The summed E-state index contributed by atoms with van der Waals surface area (Å²) < 4.78 is 6.60. The standard InChI is InChI=1S/C17H18INO2/c1-3-13-7-4-6-12(2)17(13)19-16(20)11-21-15-9-5-8-14(18)10-15/h4-10H,3,11H2,1-2H3,(H,19,20). The summed E-state index contributed by atoms with van der Waals surface area (Å²) in [5, 5.41) is 2.95. The minimum absolute atomic E-state index is 0.0115. The number of amides is 1. The van der Waals surface area contributed by atoms with Crippen molar-refractivity contribution in [3.8, 4) is 5.75 Å². The van der Waals surface area contributed by atoms with Crippen molar-refractivity contribution in [1.82, 2.24) is 0 Å². The number of para-hydroxylation sites is 1. The lowest BCUT2D eigenvalue weighted by Gasteiger charge is -2.13. The number of halogens is 1. The van der Waals surface area contributed by atoms with Gasteiger partial charge in [-0.25, -0.2) is 0 Å². The second-order valence-corrected chi connectivity index (χ2v) is 6.00. The van der Waals surface area contributed by atoms with Gasteiger partial charge >= 0.3 is 0 Å². The minimum Gasteiger partial charge on any atom is -0.484 e. The van der Waals surface area contributed by atoms with Crippen molar-refractivity contribution >= 4 is 34.2 Å². The van der Waals surface area contributed by atoms with E-state index in [9.17, 15) is 4.79 Å². The smallest absolute Gasteiger partial charge is 0.262 e. The van der Waals surface area contributed by atoms with Crippen LogP contribution in [0.15, 0.2) is 42.5 Å². The summed E-state index contributed by atoms with van der Waals surface area (Å²) in [6.07, 6.45) is 0.884. The number of aryl methyl sites for hydroxylation is 2. The van der Waals surface area contributed by atoms with E-state index in [0.717, 1.165) is 26.8 Å². The molecule has 0 radical (unpaired) electrons. The molecule has 0 heterocycles. The lowest BCUT2D eigenvalue weighted by molar-refractivity contribution is -0.118. The molecule has 2 aromatic rings. The van der Waals surface area contributed by atoms with Crippen LogP contribution in [0.5, 0.6) is 5.75 Å². The van der Waals surface area contributed by atoms with E-state index in [1.807, 2.05) is 49.4 Å². The molecular weight excluding hydrogens is 377 g/mol. The molecule has 3 nitrogen and oxygen atoms in total. The van der Waals surface area contributed by atoms with Gasteiger partial charge in [-0.05, 0) is 65.3 Å².